The van der Waals surface area contributed by atoms with Crippen LogP contribution in [-0.4, -0.2) is 19.8 Å². The summed E-state index contributed by atoms with van der Waals surface area (Å²) in [6, 6.07) is 8.91. The van der Waals surface area contributed by atoms with Crippen LogP contribution in [-0.2, 0) is 4.74 Å². The van der Waals surface area contributed by atoms with Gasteiger partial charge in [0.15, 0.2) is 0 Å². The molecule has 15 heavy (non-hydrogen) atoms. The maximum atomic E-state index is 5.25. The van der Waals surface area contributed by atoms with Crippen LogP contribution in [0.1, 0.15) is 18.4 Å². The van der Waals surface area contributed by atoms with E-state index in [1.807, 2.05) is 0 Å². The van der Waals surface area contributed by atoms with Gasteiger partial charge in [-0.15, -0.1) is 0 Å². The van der Waals surface area contributed by atoms with Crippen LogP contribution in [0.3, 0.4) is 0 Å². The van der Waals surface area contributed by atoms with Gasteiger partial charge in [-0.3, -0.25) is 0 Å². The first-order chi connectivity index (χ1) is 7.31. The molecule has 1 aromatic carbocycles. The van der Waals surface area contributed by atoms with Gasteiger partial charge in [0.25, 0.3) is 0 Å². The summed E-state index contributed by atoms with van der Waals surface area (Å²) in [5, 5.41) is 3.59. The lowest BCUT2D eigenvalue weighted by atomic mass is 10.1. The van der Waals surface area contributed by atoms with Crippen LogP contribution < -0.4 is 5.32 Å². The Balaban J connectivity index is 2.02. The Morgan fingerprint density at radius 2 is 2.13 bits per heavy atom. The normalized spacial score (nSPS) is 17.5. The van der Waals surface area contributed by atoms with Crippen molar-refractivity contribution in [1.82, 2.24) is 0 Å². The molecule has 2 heteroatoms. The zero-order chi connectivity index (χ0) is 10.7. The minimum Gasteiger partial charge on any atom is -0.383 e. The molecule has 0 amide bonds. The van der Waals surface area contributed by atoms with Gasteiger partial charge in [-0.25, -0.2) is 0 Å². The number of anilines is 1. The second kappa shape index (κ2) is 4.67. The summed E-state index contributed by atoms with van der Waals surface area (Å²) in [7, 11) is 1.77. The van der Waals surface area contributed by atoms with E-state index in [0.29, 0.717) is 6.04 Å². The first-order valence-electron chi connectivity index (χ1n) is 5.62. The Labute approximate surface area is 91.6 Å². The average molecular weight is 205 g/mol. The summed E-state index contributed by atoms with van der Waals surface area (Å²) in [5.74, 6) is 0.810. The van der Waals surface area contributed by atoms with Gasteiger partial charge in [0.05, 0.1) is 12.6 Å². The zero-order valence-corrected chi connectivity index (χ0v) is 9.49. The van der Waals surface area contributed by atoms with E-state index < -0.39 is 0 Å². The molecule has 1 aromatic rings. The lowest BCUT2D eigenvalue weighted by Gasteiger charge is -2.19. The molecule has 0 saturated heterocycles. The molecule has 1 N–H and O–H groups in total. The van der Waals surface area contributed by atoms with Crippen molar-refractivity contribution in [2.45, 2.75) is 25.8 Å². The lowest BCUT2D eigenvalue weighted by Crippen LogP contribution is -2.27. The molecule has 0 spiro atoms. The Hall–Kier alpha value is -1.02. The van der Waals surface area contributed by atoms with Gasteiger partial charge in [-0.1, -0.05) is 18.2 Å². The molecule has 1 saturated carbocycles. The van der Waals surface area contributed by atoms with Gasteiger partial charge < -0.3 is 10.1 Å². The maximum absolute atomic E-state index is 5.25. The number of benzene rings is 1. The van der Waals surface area contributed by atoms with Crippen LogP contribution in [0.25, 0.3) is 0 Å². The molecule has 0 aromatic heterocycles. The smallest absolute Gasteiger partial charge is 0.0666 e. The lowest BCUT2D eigenvalue weighted by molar-refractivity contribution is 0.179. The van der Waals surface area contributed by atoms with Gasteiger partial charge in [-0.2, -0.15) is 0 Å². The molecule has 2 rings (SSSR count). The Bertz CT molecular complexity index is 320. The summed E-state index contributed by atoms with van der Waals surface area (Å²) in [6.07, 6.45) is 2.68. The highest BCUT2D eigenvalue weighted by Gasteiger charge is 2.31. The van der Waals surface area contributed by atoms with Crippen molar-refractivity contribution >= 4 is 5.69 Å². The molecule has 2 nitrogen and oxygen atoms in total. The molecule has 0 bridgehead atoms. The van der Waals surface area contributed by atoms with E-state index in [1.165, 1.54) is 24.1 Å². The summed E-state index contributed by atoms with van der Waals surface area (Å²) < 4.78 is 5.25. The molecule has 1 aliphatic carbocycles. The minimum atomic E-state index is 0.483. The van der Waals surface area contributed by atoms with Crippen LogP contribution in [0.15, 0.2) is 24.3 Å². The average Bonchev–Trinajstić information content (AvgIpc) is 3.04. The van der Waals surface area contributed by atoms with E-state index in [1.54, 1.807) is 7.11 Å². The van der Waals surface area contributed by atoms with Crippen LogP contribution in [0.5, 0.6) is 0 Å². The summed E-state index contributed by atoms with van der Waals surface area (Å²) in [5.41, 5.74) is 2.55. The predicted molar refractivity (Wildman–Crippen MR) is 63.2 cm³/mol. The highest BCUT2D eigenvalue weighted by atomic mass is 16.5. The van der Waals surface area contributed by atoms with Crippen LogP contribution >= 0.6 is 0 Å². The first-order valence-corrected chi connectivity index (χ1v) is 5.62. The molecule has 82 valence electrons. The third-order valence-corrected chi connectivity index (χ3v) is 3.02. The fraction of sp³-hybridized carbons (Fsp3) is 0.538. The Kier molecular flexibility index (Phi) is 3.27. The van der Waals surface area contributed by atoms with E-state index in [0.717, 1.165) is 12.5 Å². The van der Waals surface area contributed by atoms with Crippen LogP contribution in [0.2, 0.25) is 0 Å². The van der Waals surface area contributed by atoms with Gasteiger partial charge in [0.1, 0.15) is 0 Å². The zero-order valence-electron chi connectivity index (χ0n) is 9.49. The predicted octanol–water partition coefficient (Wildman–Crippen LogP) is 2.83. The molecule has 1 fully saturated rings. The van der Waals surface area contributed by atoms with E-state index in [-0.39, 0.29) is 0 Å². The molecular weight excluding hydrogens is 186 g/mol. The minimum absolute atomic E-state index is 0.483. The van der Waals surface area contributed by atoms with Crippen molar-refractivity contribution in [3.8, 4) is 0 Å². The molecular formula is C13H19NO. The number of aryl methyl sites for hydroxylation is 1. The topological polar surface area (TPSA) is 21.3 Å². The number of para-hydroxylation sites is 1. The number of nitrogens with one attached hydrogen (secondary N) is 1. The number of methoxy groups -OCH3 is 1. The third kappa shape index (κ3) is 2.72. The van der Waals surface area contributed by atoms with Crippen molar-refractivity contribution in [2.24, 2.45) is 5.92 Å². The van der Waals surface area contributed by atoms with E-state index in [2.05, 4.69) is 36.5 Å². The second-order valence-corrected chi connectivity index (χ2v) is 4.36. The van der Waals surface area contributed by atoms with Crippen molar-refractivity contribution in [3.63, 3.8) is 0 Å². The van der Waals surface area contributed by atoms with E-state index in [4.69, 9.17) is 4.74 Å². The van der Waals surface area contributed by atoms with Gasteiger partial charge >= 0.3 is 0 Å². The second-order valence-electron chi connectivity index (χ2n) is 4.36. The van der Waals surface area contributed by atoms with Crippen molar-refractivity contribution in [2.75, 3.05) is 19.0 Å². The largest absolute Gasteiger partial charge is 0.383 e. The fourth-order valence-electron chi connectivity index (χ4n) is 1.91. The quantitative estimate of drug-likeness (QED) is 0.798. The molecule has 1 atom stereocenters. The number of hydrogen-bond acceptors (Lipinski definition) is 2. The Morgan fingerprint density at radius 3 is 2.73 bits per heavy atom. The van der Waals surface area contributed by atoms with E-state index in [9.17, 15) is 0 Å². The molecule has 0 heterocycles. The van der Waals surface area contributed by atoms with Gasteiger partial charge in [0.2, 0.25) is 0 Å². The summed E-state index contributed by atoms with van der Waals surface area (Å²) in [6.45, 7) is 2.94. The van der Waals surface area contributed by atoms with Gasteiger partial charge in [0, 0.05) is 12.8 Å². The van der Waals surface area contributed by atoms with Crippen molar-refractivity contribution < 1.29 is 4.74 Å². The first kappa shape index (κ1) is 10.5. The summed E-state index contributed by atoms with van der Waals surface area (Å²) >= 11 is 0. The molecule has 0 radical (unpaired) electrons. The summed E-state index contributed by atoms with van der Waals surface area (Å²) in [4.78, 5) is 0. The van der Waals surface area contributed by atoms with Gasteiger partial charge in [-0.05, 0) is 37.3 Å². The van der Waals surface area contributed by atoms with Crippen molar-refractivity contribution in [3.05, 3.63) is 29.8 Å². The van der Waals surface area contributed by atoms with Crippen LogP contribution in [0, 0.1) is 12.8 Å². The third-order valence-electron chi connectivity index (χ3n) is 3.02. The highest BCUT2D eigenvalue weighted by Crippen LogP contribution is 2.34. The monoisotopic (exact) mass is 205 g/mol. The highest BCUT2D eigenvalue weighted by molar-refractivity contribution is 5.51. The van der Waals surface area contributed by atoms with Crippen molar-refractivity contribution in [1.29, 1.82) is 0 Å². The number of hydrogen-bond donors (Lipinski definition) is 1. The number of rotatable bonds is 5. The fourth-order valence-corrected chi connectivity index (χ4v) is 1.91. The van der Waals surface area contributed by atoms with E-state index >= 15 is 0 Å². The molecule has 0 aliphatic heterocycles. The standard InChI is InChI=1S/C13H19NO/c1-10-5-3-4-6-12(10)14-13(9-15-2)11-7-8-11/h3-6,11,13-14H,7-9H2,1-2H3. The SMILES string of the molecule is COCC(Nc1ccccc1C)C1CC1. The maximum Gasteiger partial charge on any atom is 0.0666 e. The van der Waals surface area contributed by atoms with Crippen LogP contribution in [0.4, 0.5) is 5.69 Å². The molecule has 1 unspecified atom stereocenters. The molecule has 1 aliphatic rings. The number of ether oxygens (including phenoxy) is 1. The Morgan fingerprint density at radius 1 is 1.40 bits per heavy atom.